The topological polar surface area (TPSA) is 83.6 Å². The first-order chi connectivity index (χ1) is 12.7. The van der Waals surface area contributed by atoms with E-state index in [1.165, 1.54) is 49.7 Å². The van der Waals surface area contributed by atoms with Gasteiger partial charge in [0, 0.05) is 24.5 Å². The molecule has 0 spiro atoms. The van der Waals surface area contributed by atoms with Crippen LogP contribution >= 0.6 is 11.3 Å². The van der Waals surface area contributed by atoms with Crippen LogP contribution < -0.4 is 4.72 Å². The average molecular weight is 423 g/mol. The first-order valence-electron chi connectivity index (χ1n) is 7.90. The van der Waals surface area contributed by atoms with Gasteiger partial charge in [-0.05, 0) is 41.8 Å². The van der Waals surface area contributed by atoms with E-state index in [-0.39, 0.29) is 9.79 Å². The van der Waals surface area contributed by atoms with Gasteiger partial charge in [0.1, 0.15) is 0 Å². The molecular weight excluding hydrogens is 404 g/mol. The highest BCUT2D eigenvalue weighted by Crippen LogP contribution is 2.32. The zero-order valence-corrected chi connectivity index (χ0v) is 17.1. The van der Waals surface area contributed by atoms with Crippen LogP contribution in [-0.4, -0.2) is 35.2 Å². The second-order valence-electron chi connectivity index (χ2n) is 5.89. The van der Waals surface area contributed by atoms with Gasteiger partial charge in [0.2, 0.25) is 10.0 Å². The molecule has 0 aliphatic rings. The maximum atomic E-state index is 12.8. The van der Waals surface area contributed by atoms with Gasteiger partial charge >= 0.3 is 0 Å². The lowest BCUT2D eigenvalue weighted by Crippen LogP contribution is -2.22. The van der Waals surface area contributed by atoms with Crippen molar-refractivity contribution >= 4 is 37.1 Å². The summed E-state index contributed by atoms with van der Waals surface area (Å²) < 4.78 is 53.4. The Bertz CT molecular complexity index is 1140. The van der Waals surface area contributed by atoms with Gasteiger partial charge in [-0.2, -0.15) is 0 Å². The van der Waals surface area contributed by atoms with Crippen LogP contribution in [0.1, 0.15) is 0 Å². The maximum absolute atomic E-state index is 12.8. The Morgan fingerprint density at radius 1 is 0.815 bits per heavy atom. The average Bonchev–Trinajstić information content (AvgIpc) is 3.16. The molecule has 1 heterocycles. The minimum Gasteiger partial charge on any atom is -0.279 e. The van der Waals surface area contributed by atoms with Crippen LogP contribution in [0.3, 0.4) is 0 Å². The first kappa shape index (κ1) is 19.6. The van der Waals surface area contributed by atoms with E-state index in [2.05, 4.69) is 4.72 Å². The van der Waals surface area contributed by atoms with Crippen molar-refractivity contribution in [2.45, 2.75) is 9.79 Å². The van der Waals surface area contributed by atoms with Crippen molar-refractivity contribution in [2.75, 3.05) is 18.8 Å². The summed E-state index contributed by atoms with van der Waals surface area (Å²) in [5, 5.41) is 1.92. The molecule has 0 unspecified atom stereocenters. The predicted molar refractivity (Wildman–Crippen MR) is 108 cm³/mol. The molecule has 0 radical (unpaired) electrons. The molecule has 3 rings (SSSR count). The van der Waals surface area contributed by atoms with E-state index in [0.717, 1.165) is 14.7 Å². The molecule has 0 saturated heterocycles. The van der Waals surface area contributed by atoms with Crippen molar-refractivity contribution in [1.82, 2.24) is 4.31 Å². The highest BCUT2D eigenvalue weighted by atomic mass is 32.2. The number of thiophene rings is 1. The molecule has 142 valence electrons. The second-order valence-corrected chi connectivity index (χ2v) is 10.7. The third kappa shape index (κ3) is 4.06. The van der Waals surface area contributed by atoms with Crippen molar-refractivity contribution < 1.29 is 16.8 Å². The number of benzene rings is 2. The number of sulfonamides is 2. The quantitative estimate of drug-likeness (QED) is 0.659. The lowest BCUT2D eigenvalue weighted by Gasteiger charge is -2.13. The van der Waals surface area contributed by atoms with Gasteiger partial charge in [0.05, 0.1) is 15.5 Å². The normalized spacial score (nSPS) is 12.3. The summed E-state index contributed by atoms with van der Waals surface area (Å²) >= 11 is 1.51. The highest BCUT2D eigenvalue weighted by molar-refractivity contribution is 7.92. The molecule has 2 aromatic carbocycles. The van der Waals surface area contributed by atoms with Gasteiger partial charge in [-0.15, -0.1) is 11.3 Å². The molecule has 27 heavy (non-hydrogen) atoms. The van der Waals surface area contributed by atoms with Gasteiger partial charge in [0.25, 0.3) is 10.0 Å². The summed E-state index contributed by atoms with van der Waals surface area (Å²) in [6.45, 7) is 0. The number of rotatable bonds is 6. The number of nitrogens with zero attached hydrogens (tertiary/aromatic N) is 1. The fourth-order valence-electron chi connectivity index (χ4n) is 2.42. The lowest BCUT2D eigenvalue weighted by atomic mass is 10.1. The van der Waals surface area contributed by atoms with Gasteiger partial charge in [-0.1, -0.05) is 24.3 Å². The zero-order chi connectivity index (χ0) is 19.7. The molecule has 0 bridgehead atoms. The SMILES string of the molecule is CN(C)S(=O)(=O)c1ccc(S(=O)(=O)Nc2ccccc2-c2cccs2)cc1. The van der Waals surface area contributed by atoms with Crippen LogP contribution in [0.25, 0.3) is 10.4 Å². The number of para-hydroxylation sites is 1. The third-order valence-electron chi connectivity index (χ3n) is 3.87. The number of nitrogens with one attached hydrogen (secondary N) is 1. The van der Waals surface area contributed by atoms with Crippen molar-refractivity contribution in [3.05, 3.63) is 66.0 Å². The highest BCUT2D eigenvalue weighted by Gasteiger charge is 2.20. The summed E-state index contributed by atoms with van der Waals surface area (Å²) in [5.74, 6) is 0. The molecule has 0 aliphatic carbocycles. The minimum atomic E-state index is -3.86. The smallest absolute Gasteiger partial charge is 0.261 e. The standard InChI is InChI=1S/C18H18N2O4S3/c1-20(2)27(23,24)15-11-9-14(10-12-15)26(21,22)19-17-7-4-3-6-16(17)18-8-5-13-25-18/h3-13,19H,1-2H3. The summed E-state index contributed by atoms with van der Waals surface area (Å²) in [7, 11) is -4.64. The molecule has 0 atom stereocenters. The predicted octanol–water partition coefficient (Wildman–Crippen LogP) is 3.47. The van der Waals surface area contributed by atoms with E-state index in [4.69, 9.17) is 0 Å². The van der Waals surface area contributed by atoms with E-state index < -0.39 is 20.0 Å². The van der Waals surface area contributed by atoms with Gasteiger partial charge < -0.3 is 0 Å². The van der Waals surface area contributed by atoms with Crippen molar-refractivity contribution in [3.63, 3.8) is 0 Å². The Kier molecular flexibility index (Phi) is 5.38. The number of hydrogen-bond acceptors (Lipinski definition) is 5. The lowest BCUT2D eigenvalue weighted by molar-refractivity contribution is 0.520. The molecule has 3 aromatic rings. The second kappa shape index (κ2) is 7.43. The van der Waals surface area contributed by atoms with Gasteiger partial charge in [0.15, 0.2) is 0 Å². The molecular formula is C18H18N2O4S3. The minimum absolute atomic E-state index is 0.0128. The Balaban J connectivity index is 1.93. The van der Waals surface area contributed by atoms with Gasteiger partial charge in [-0.25, -0.2) is 21.1 Å². The zero-order valence-electron chi connectivity index (χ0n) is 14.7. The Morgan fingerprint density at radius 2 is 1.44 bits per heavy atom. The van der Waals surface area contributed by atoms with E-state index >= 15 is 0 Å². The Hall–Kier alpha value is -2.20. The van der Waals surface area contributed by atoms with E-state index in [1.54, 1.807) is 12.1 Å². The van der Waals surface area contributed by atoms with Crippen molar-refractivity contribution in [1.29, 1.82) is 0 Å². The Morgan fingerprint density at radius 3 is 2.04 bits per heavy atom. The summed E-state index contributed by atoms with van der Waals surface area (Å²) in [5.41, 5.74) is 1.24. The Labute approximate surface area is 163 Å². The summed E-state index contributed by atoms with van der Waals surface area (Å²) in [4.78, 5) is 0.965. The number of hydrogen-bond donors (Lipinski definition) is 1. The van der Waals surface area contributed by atoms with E-state index in [1.807, 2.05) is 29.6 Å². The summed E-state index contributed by atoms with van der Waals surface area (Å²) in [6, 6.07) is 16.1. The molecule has 6 nitrogen and oxygen atoms in total. The fourth-order valence-corrected chi connectivity index (χ4v) is 5.17. The van der Waals surface area contributed by atoms with Crippen LogP contribution in [0.15, 0.2) is 75.8 Å². The van der Waals surface area contributed by atoms with E-state index in [0.29, 0.717) is 5.69 Å². The van der Waals surface area contributed by atoms with Crippen LogP contribution in [0.4, 0.5) is 5.69 Å². The summed E-state index contributed by atoms with van der Waals surface area (Å²) in [6.07, 6.45) is 0. The number of anilines is 1. The van der Waals surface area contributed by atoms with Crippen LogP contribution in [0.5, 0.6) is 0 Å². The van der Waals surface area contributed by atoms with Crippen LogP contribution in [0.2, 0.25) is 0 Å². The molecule has 0 fully saturated rings. The molecule has 1 N–H and O–H groups in total. The van der Waals surface area contributed by atoms with Crippen LogP contribution in [-0.2, 0) is 20.0 Å². The van der Waals surface area contributed by atoms with Gasteiger partial charge in [-0.3, -0.25) is 4.72 Å². The monoisotopic (exact) mass is 422 g/mol. The van der Waals surface area contributed by atoms with Crippen LogP contribution in [0, 0.1) is 0 Å². The fraction of sp³-hybridized carbons (Fsp3) is 0.111. The third-order valence-corrected chi connectivity index (χ3v) is 7.98. The molecule has 0 amide bonds. The largest absolute Gasteiger partial charge is 0.279 e. The van der Waals surface area contributed by atoms with E-state index in [9.17, 15) is 16.8 Å². The molecule has 1 aromatic heterocycles. The molecule has 0 aliphatic heterocycles. The molecule has 9 heteroatoms. The first-order valence-corrected chi connectivity index (χ1v) is 11.7. The molecule has 0 saturated carbocycles. The van der Waals surface area contributed by atoms with Crippen molar-refractivity contribution in [2.24, 2.45) is 0 Å². The maximum Gasteiger partial charge on any atom is 0.261 e. The van der Waals surface area contributed by atoms with Crippen molar-refractivity contribution in [3.8, 4) is 10.4 Å².